The van der Waals surface area contributed by atoms with E-state index in [0.717, 1.165) is 23.7 Å². The average molecular weight is 304 g/mol. The van der Waals surface area contributed by atoms with Crippen molar-refractivity contribution in [3.05, 3.63) is 0 Å². The Morgan fingerprint density at radius 2 is 1.73 bits per heavy atom. The molecule has 1 N–H and O–H groups in total. The van der Waals surface area contributed by atoms with Crippen molar-refractivity contribution in [2.75, 3.05) is 0 Å². The molecule has 2 spiro atoms. The van der Waals surface area contributed by atoms with Crippen molar-refractivity contribution in [3.8, 4) is 0 Å². The van der Waals surface area contributed by atoms with E-state index >= 15 is 0 Å². The van der Waals surface area contributed by atoms with E-state index in [1.54, 1.807) is 0 Å². The SMILES string of the molecule is CC(C)[C@H]1CC[C@@H]2[C@]1(C)CC[C@]13CC[C@](C)(OC1O)[C@@H]1C[C@@]213. The maximum atomic E-state index is 10.9. The lowest BCUT2D eigenvalue weighted by atomic mass is 9.44. The monoisotopic (exact) mass is 304 g/mol. The molecule has 4 aliphatic carbocycles. The topological polar surface area (TPSA) is 29.5 Å². The molecule has 4 saturated carbocycles. The lowest BCUT2D eigenvalue weighted by Crippen LogP contribution is -2.66. The third-order valence-electron chi connectivity index (χ3n) is 9.53. The van der Waals surface area contributed by atoms with Gasteiger partial charge in [-0.15, -0.1) is 0 Å². The second kappa shape index (κ2) is 3.77. The molecule has 0 aromatic heterocycles. The molecule has 6 fully saturated rings. The summed E-state index contributed by atoms with van der Waals surface area (Å²) in [5.41, 5.74) is 1.01. The van der Waals surface area contributed by atoms with Gasteiger partial charge < -0.3 is 9.84 Å². The van der Waals surface area contributed by atoms with Crippen molar-refractivity contribution < 1.29 is 9.84 Å². The third-order valence-corrected chi connectivity index (χ3v) is 9.53. The fourth-order valence-corrected chi connectivity index (χ4v) is 8.60. The Morgan fingerprint density at radius 1 is 1.00 bits per heavy atom. The van der Waals surface area contributed by atoms with Gasteiger partial charge in [-0.05, 0) is 86.4 Å². The second-order valence-electron chi connectivity index (χ2n) is 10.2. The molecule has 22 heavy (non-hydrogen) atoms. The van der Waals surface area contributed by atoms with Crippen molar-refractivity contribution in [1.29, 1.82) is 0 Å². The van der Waals surface area contributed by atoms with E-state index < -0.39 is 6.29 Å². The van der Waals surface area contributed by atoms with Gasteiger partial charge in [0.2, 0.25) is 0 Å². The summed E-state index contributed by atoms with van der Waals surface area (Å²) in [6.07, 6.45) is 8.56. The van der Waals surface area contributed by atoms with E-state index in [4.69, 9.17) is 4.74 Å². The van der Waals surface area contributed by atoms with Gasteiger partial charge in [0, 0.05) is 5.41 Å². The number of hydrogen-bond acceptors (Lipinski definition) is 2. The first-order chi connectivity index (χ1) is 10.3. The minimum absolute atomic E-state index is 0.0324. The molecular formula is C20H32O2. The summed E-state index contributed by atoms with van der Waals surface area (Å²) in [6.45, 7) is 9.75. The van der Waals surface area contributed by atoms with Gasteiger partial charge in [-0.1, -0.05) is 20.8 Å². The minimum Gasteiger partial charge on any atom is -0.367 e. The predicted octanol–water partition coefficient (Wildman–Crippen LogP) is 4.36. The molecule has 6 rings (SSSR count). The van der Waals surface area contributed by atoms with Crippen LogP contribution in [-0.2, 0) is 4.74 Å². The zero-order chi connectivity index (χ0) is 15.5. The molecule has 1 unspecified atom stereocenters. The maximum absolute atomic E-state index is 10.9. The Morgan fingerprint density at radius 3 is 2.41 bits per heavy atom. The van der Waals surface area contributed by atoms with Gasteiger partial charge in [0.05, 0.1) is 5.60 Å². The molecule has 0 radical (unpaired) electrons. The average Bonchev–Trinajstić information content (AvgIpc) is 3.11. The summed E-state index contributed by atoms with van der Waals surface area (Å²) in [6, 6.07) is 0. The minimum atomic E-state index is -0.493. The van der Waals surface area contributed by atoms with Crippen LogP contribution in [0.1, 0.15) is 72.6 Å². The van der Waals surface area contributed by atoms with Gasteiger partial charge in [0.1, 0.15) is 0 Å². The fourth-order valence-electron chi connectivity index (χ4n) is 8.60. The highest BCUT2D eigenvalue weighted by molar-refractivity contribution is 5.31. The van der Waals surface area contributed by atoms with Crippen LogP contribution < -0.4 is 0 Å². The molecule has 6 aliphatic rings. The number of aliphatic hydroxyl groups is 1. The fraction of sp³-hybridized carbons (Fsp3) is 1.00. The summed E-state index contributed by atoms with van der Waals surface area (Å²) >= 11 is 0. The van der Waals surface area contributed by atoms with Gasteiger partial charge >= 0.3 is 0 Å². The van der Waals surface area contributed by atoms with Crippen LogP contribution >= 0.6 is 0 Å². The predicted molar refractivity (Wildman–Crippen MR) is 86.1 cm³/mol. The number of hydrogen-bond donors (Lipinski definition) is 1. The van der Waals surface area contributed by atoms with Crippen molar-refractivity contribution in [2.45, 2.75) is 84.5 Å². The molecule has 8 atom stereocenters. The standard InChI is InChI=1S/C20H32O2/c1-12(2)13-5-6-14-17(13,3)7-9-19-10-8-18(4,22-16(19)21)15-11-20(14,15)19/h12-16,21H,5-11H2,1-4H3/t13-,14-,15+,16?,17-,18+,19+,20-/m1/s1. The summed E-state index contributed by atoms with van der Waals surface area (Å²) in [5, 5.41) is 10.9. The van der Waals surface area contributed by atoms with Crippen LogP contribution in [-0.4, -0.2) is 17.0 Å². The number of aliphatic hydroxyl groups excluding tert-OH is 1. The Hall–Kier alpha value is -0.0800. The van der Waals surface area contributed by atoms with E-state index in [1.807, 2.05) is 0 Å². The summed E-state index contributed by atoms with van der Waals surface area (Å²) in [5.74, 6) is 3.25. The molecule has 0 aromatic rings. The lowest BCUT2D eigenvalue weighted by Gasteiger charge is -2.65. The molecule has 2 heterocycles. The van der Waals surface area contributed by atoms with E-state index in [0.29, 0.717) is 10.8 Å². The molecule has 0 aromatic carbocycles. The van der Waals surface area contributed by atoms with Crippen molar-refractivity contribution in [3.63, 3.8) is 0 Å². The highest BCUT2D eigenvalue weighted by Crippen LogP contribution is 2.87. The molecule has 2 nitrogen and oxygen atoms in total. The zero-order valence-electron chi connectivity index (χ0n) is 14.7. The van der Waals surface area contributed by atoms with Gasteiger partial charge in [0.15, 0.2) is 6.29 Å². The smallest absolute Gasteiger partial charge is 0.161 e. The largest absolute Gasteiger partial charge is 0.367 e. The van der Waals surface area contributed by atoms with E-state index in [2.05, 4.69) is 27.7 Å². The van der Waals surface area contributed by atoms with Gasteiger partial charge in [-0.25, -0.2) is 0 Å². The Labute approximate surface area is 135 Å². The zero-order valence-corrected chi connectivity index (χ0v) is 14.7. The number of ether oxygens (including phenoxy) is 1. The van der Waals surface area contributed by atoms with E-state index in [-0.39, 0.29) is 11.0 Å². The first kappa shape index (κ1) is 14.3. The summed E-state index contributed by atoms with van der Waals surface area (Å²) in [4.78, 5) is 0. The third kappa shape index (κ3) is 1.24. The molecule has 2 saturated heterocycles. The van der Waals surface area contributed by atoms with Crippen LogP contribution in [0, 0.1) is 39.9 Å². The molecule has 2 aliphatic heterocycles. The van der Waals surface area contributed by atoms with E-state index in [1.165, 1.54) is 44.9 Å². The van der Waals surface area contributed by atoms with Crippen molar-refractivity contribution in [1.82, 2.24) is 0 Å². The van der Waals surface area contributed by atoms with Crippen molar-refractivity contribution >= 4 is 0 Å². The first-order valence-electron chi connectivity index (χ1n) is 9.66. The Balaban J connectivity index is 1.62. The number of fused-ring (bicyclic) bond motifs is 3. The Kier molecular flexibility index (Phi) is 2.45. The molecule has 2 heteroatoms. The molecular weight excluding hydrogens is 272 g/mol. The Bertz CT molecular complexity index is 530. The van der Waals surface area contributed by atoms with E-state index in [9.17, 15) is 5.11 Å². The summed E-state index contributed by atoms with van der Waals surface area (Å²) in [7, 11) is 0. The van der Waals surface area contributed by atoms with Gasteiger partial charge in [-0.3, -0.25) is 0 Å². The number of rotatable bonds is 1. The van der Waals surface area contributed by atoms with Crippen LogP contribution in [0.3, 0.4) is 0 Å². The second-order valence-corrected chi connectivity index (χ2v) is 10.2. The van der Waals surface area contributed by atoms with Crippen LogP contribution in [0.25, 0.3) is 0 Å². The van der Waals surface area contributed by atoms with Crippen LogP contribution in [0.5, 0.6) is 0 Å². The van der Waals surface area contributed by atoms with Crippen molar-refractivity contribution in [2.24, 2.45) is 39.9 Å². The van der Waals surface area contributed by atoms with Gasteiger partial charge in [-0.2, -0.15) is 0 Å². The van der Waals surface area contributed by atoms with Gasteiger partial charge in [0.25, 0.3) is 0 Å². The highest BCUT2D eigenvalue weighted by atomic mass is 16.6. The van der Waals surface area contributed by atoms with Crippen LogP contribution in [0.2, 0.25) is 0 Å². The maximum Gasteiger partial charge on any atom is 0.161 e. The first-order valence-corrected chi connectivity index (χ1v) is 9.66. The summed E-state index contributed by atoms with van der Waals surface area (Å²) < 4.78 is 6.19. The molecule has 124 valence electrons. The lowest BCUT2D eigenvalue weighted by molar-refractivity contribution is -0.348. The highest BCUT2D eigenvalue weighted by Gasteiger charge is 2.85. The molecule has 2 bridgehead atoms. The normalized spacial score (nSPS) is 65.2. The van der Waals surface area contributed by atoms with Crippen LogP contribution in [0.4, 0.5) is 0 Å². The molecule has 0 amide bonds. The quantitative estimate of drug-likeness (QED) is 0.780. The van der Waals surface area contributed by atoms with Crippen LogP contribution in [0.15, 0.2) is 0 Å².